The van der Waals surface area contributed by atoms with Gasteiger partial charge in [0, 0.05) is 18.7 Å². The van der Waals surface area contributed by atoms with E-state index in [-0.39, 0.29) is 31.0 Å². The first-order chi connectivity index (χ1) is 12.8. The zero-order chi connectivity index (χ0) is 19.6. The number of aliphatic carboxylic acids is 1. The summed E-state index contributed by atoms with van der Waals surface area (Å²) in [5.41, 5.74) is 0.922. The Morgan fingerprint density at radius 3 is 2.30 bits per heavy atom. The summed E-state index contributed by atoms with van der Waals surface area (Å²) >= 11 is 0. The molecular formula is C19H16F3NO4. The third-order valence-electron chi connectivity index (χ3n) is 4.28. The number of carboxylic acids is 1. The molecule has 1 aliphatic heterocycles. The molecule has 0 saturated carbocycles. The van der Waals surface area contributed by atoms with Crippen molar-refractivity contribution in [1.82, 2.24) is 4.90 Å². The largest absolute Gasteiger partial charge is 0.481 e. The van der Waals surface area contributed by atoms with E-state index in [9.17, 15) is 22.8 Å². The van der Waals surface area contributed by atoms with Crippen LogP contribution in [-0.4, -0.2) is 47.7 Å². The normalized spacial score (nSPS) is 17.0. The summed E-state index contributed by atoms with van der Waals surface area (Å²) in [5.74, 6) is -5.41. The van der Waals surface area contributed by atoms with Gasteiger partial charge >= 0.3 is 5.97 Å². The third-order valence-corrected chi connectivity index (χ3v) is 4.28. The Labute approximate surface area is 153 Å². The van der Waals surface area contributed by atoms with Crippen molar-refractivity contribution >= 4 is 11.9 Å². The smallest absolute Gasteiger partial charge is 0.306 e. The molecule has 0 aromatic heterocycles. The van der Waals surface area contributed by atoms with Crippen molar-refractivity contribution in [3.05, 3.63) is 59.4 Å². The number of ether oxygens (including phenoxy) is 1. The zero-order valence-electron chi connectivity index (χ0n) is 14.1. The highest BCUT2D eigenvalue weighted by molar-refractivity contribution is 5.94. The molecular weight excluding hydrogens is 363 g/mol. The Morgan fingerprint density at radius 2 is 1.70 bits per heavy atom. The number of halogens is 3. The van der Waals surface area contributed by atoms with Gasteiger partial charge in [0.15, 0.2) is 17.5 Å². The average molecular weight is 379 g/mol. The van der Waals surface area contributed by atoms with Crippen LogP contribution in [0.1, 0.15) is 16.8 Å². The molecule has 0 radical (unpaired) electrons. The van der Waals surface area contributed by atoms with E-state index in [1.54, 1.807) is 0 Å². The van der Waals surface area contributed by atoms with Gasteiger partial charge in [-0.3, -0.25) is 9.59 Å². The molecule has 0 unspecified atom stereocenters. The lowest BCUT2D eigenvalue weighted by Gasteiger charge is -2.32. The highest BCUT2D eigenvalue weighted by Gasteiger charge is 2.26. The van der Waals surface area contributed by atoms with Crippen molar-refractivity contribution in [3.8, 4) is 11.1 Å². The van der Waals surface area contributed by atoms with E-state index < -0.39 is 29.5 Å². The molecule has 1 fully saturated rings. The Hall–Kier alpha value is -2.87. The second-order valence-electron chi connectivity index (χ2n) is 6.17. The predicted molar refractivity (Wildman–Crippen MR) is 89.6 cm³/mol. The van der Waals surface area contributed by atoms with Crippen LogP contribution < -0.4 is 0 Å². The Bertz CT molecular complexity index is 847. The van der Waals surface area contributed by atoms with E-state index in [1.165, 1.54) is 29.2 Å². The maximum atomic E-state index is 13.4. The van der Waals surface area contributed by atoms with E-state index in [4.69, 9.17) is 9.84 Å². The van der Waals surface area contributed by atoms with E-state index in [0.717, 1.165) is 12.1 Å². The van der Waals surface area contributed by atoms with Crippen LogP contribution in [0.3, 0.4) is 0 Å². The fraction of sp³-hybridized carbons (Fsp3) is 0.263. The molecule has 8 heteroatoms. The van der Waals surface area contributed by atoms with Crippen molar-refractivity contribution in [2.24, 2.45) is 0 Å². The van der Waals surface area contributed by atoms with E-state index in [0.29, 0.717) is 17.7 Å². The number of benzene rings is 2. The van der Waals surface area contributed by atoms with Crippen LogP contribution in [0.4, 0.5) is 13.2 Å². The molecule has 1 amide bonds. The minimum absolute atomic E-state index is 0.151. The Kier molecular flexibility index (Phi) is 5.46. The van der Waals surface area contributed by atoms with Crippen LogP contribution in [0.5, 0.6) is 0 Å². The van der Waals surface area contributed by atoms with Gasteiger partial charge in [0.05, 0.1) is 19.1 Å². The molecule has 27 heavy (non-hydrogen) atoms. The predicted octanol–water partition coefficient (Wildman–Crippen LogP) is 3.09. The van der Waals surface area contributed by atoms with Crippen molar-refractivity contribution in [1.29, 1.82) is 0 Å². The van der Waals surface area contributed by atoms with Crippen molar-refractivity contribution in [2.45, 2.75) is 12.5 Å². The molecule has 1 N–H and O–H groups in total. The quantitative estimate of drug-likeness (QED) is 0.829. The van der Waals surface area contributed by atoms with Crippen LogP contribution in [0.25, 0.3) is 11.1 Å². The number of hydrogen-bond donors (Lipinski definition) is 1. The van der Waals surface area contributed by atoms with E-state index in [2.05, 4.69) is 0 Å². The van der Waals surface area contributed by atoms with Gasteiger partial charge in [-0.2, -0.15) is 0 Å². The molecule has 0 aliphatic carbocycles. The second kappa shape index (κ2) is 7.79. The summed E-state index contributed by atoms with van der Waals surface area (Å²) in [5, 5.41) is 8.84. The lowest BCUT2D eigenvalue weighted by atomic mass is 10.0. The van der Waals surface area contributed by atoms with Gasteiger partial charge in [0.1, 0.15) is 0 Å². The van der Waals surface area contributed by atoms with Gasteiger partial charge < -0.3 is 14.7 Å². The fourth-order valence-electron chi connectivity index (χ4n) is 2.93. The first-order valence-corrected chi connectivity index (χ1v) is 8.23. The molecule has 0 bridgehead atoms. The van der Waals surface area contributed by atoms with Gasteiger partial charge in [0.2, 0.25) is 0 Å². The van der Waals surface area contributed by atoms with Crippen LogP contribution in [0.2, 0.25) is 0 Å². The molecule has 1 aliphatic rings. The Morgan fingerprint density at radius 1 is 1.07 bits per heavy atom. The first-order valence-electron chi connectivity index (χ1n) is 8.23. The van der Waals surface area contributed by atoms with Gasteiger partial charge in [-0.15, -0.1) is 0 Å². The highest BCUT2D eigenvalue weighted by atomic mass is 19.2. The van der Waals surface area contributed by atoms with Gasteiger partial charge in [-0.25, -0.2) is 13.2 Å². The summed E-state index contributed by atoms with van der Waals surface area (Å²) in [6.45, 7) is 0.752. The SMILES string of the molecule is O=C(O)C[C@@H]1CN(C(=O)c2ccc(-c3cc(F)c(F)c(F)c3)cc2)CCO1. The number of hydrogen-bond acceptors (Lipinski definition) is 3. The summed E-state index contributed by atoms with van der Waals surface area (Å²) in [6, 6.07) is 7.78. The zero-order valence-corrected chi connectivity index (χ0v) is 14.1. The maximum absolute atomic E-state index is 13.4. The van der Waals surface area contributed by atoms with Crippen molar-refractivity contribution in [3.63, 3.8) is 0 Å². The monoisotopic (exact) mass is 379 g/mol. The highest BCUT2D eigenvalue weighted by Crippen LogP contribution is 2.24. The standard InChI is InChI=1S/C19H16F3NO4/c20-15-7-13(8-16(21)18(15)22)11-1-3-12(4-2-11)19(26)23-5-6-27-14(10-23)9-17(24)25/h1-4,7-8,14H,5-6,9-10H2,(H,24,25)/t14-/m1/s1. The van der Waals surface area contributed by atoms with Crippen LogP contribution in [0, 0.1) is 17.5 Å². The number of rotatable bonds is 4. The Balaban J connectivity index is 1.75. The minimum atomic E-state index is -1.53. The topological polar surface area (TPSA) is 66.8 Å². The first kappa shape index (κ1) is 18.9. The van der Waals surface area contributed by atoms with Gasteiger partial charge in [-0.05, 0) is 35.4 Å². The number of carboxylic acid groups (broad SMARTS) is 1. The minimum Gasteiger partial charge on any atom is -0.481 e. The van der Waals surface area contributed by atoms with Crippen LogP contribution in [0.15, 0.2) is 36.4 Å². The second-order valence-corrected chi connectivity index (χ2v) is 6.17. The number of morpholine rings is 1. The molecule has 1 atom stereocenters. The molecule has 5 nitrogen and oxygen atoms in total. The van der Waals surface area contributed by atoms with E-state index >= 15 is 0 Å². The molecule has 1 heterocycles. The lowest BCUT2D eigenvalue weighted by Crippen LogP contribution is -2.46. The summed E-state index contributed by atoms with van der Waals surface area (Å²) in [4.78, 5) is 24.9. The lowest BCUT2D eigenvalue weighted by molar-refractivity contribution is -0.141. The summed E-state index contributed by atoms with van der Waals surface area (Å²) in [6.07, 6.45) is -0.755. The summed E-state index contributed by atoms with van der Waals surface area (Å²) in [7, 11) is 0. The summed E-state index contributed by atoms with van der Waals surface area (Å²) < 4.78 is 45.2. The van der Waals surface area contributed by atoms with Gasteiger partial charge in [0.25, 0.3) is 5.91 Å². The average Bonchev–Trinajstić information content (AvgIpc) is 2.65. The van der Waals surface area contributed by atoms with Gasteiger partial charge in [-0.1, -0.05) is 12.1 Å². The fourth-order valence-corrected chi connectivity index (χ4v) is 2.93. The number of nitrogens with zero attached hydrogens (tertiary/aromatic N) is 1. The third kappa shape index (κ3) is 4.28. The molecule has 142 valence electrons. The van der Waals surface area contributed by atoms with Crippen LogP contribution >= 0.6 is 0 Å². The molecule has 2 aromatic carbocycles. The van der Waals surface area contributed by atoms with Crippen molar-refractivity contribution < 1.29 is 32.6 Å². The molecule has 3 rings (SSSR count). The van der Waals surface area contributed by atoms with Crippen LogP contribution in [-0.2, 0) is 9.53 Å². The van der Waals surface area contributed by atoms with Crippen molar-refractivity contribution in [2.75, 3.05) is 19.7 Å². The number of carbonyl (C=O) groups excluding carboxylic acids is 1. The number of carbonyl (C=O) groups is 2. The molecule has 0 spiro atoms. The molecule has 1 saturated heterocycles. The molecule has 2 aromatic rings. The van der Waals surface area contributed by atoms with E-state index in [1.807, 2.05) is 0 Å². The maximum Gasteiger partial charge on any atom is 0.306 e. The number of amides is 1.